The molecule has 0 aliphatic heterocycles. The summed E-state index contributed by atoms with van der Waals surface area (Å²) in [4.78, 5) is 0. The number of hydrogen-bond acceptors (Lipinski definition) is 4. The van der Waals surface area contributed by atoms with Gasteiger partial charge in [0.1, 0.15) is 12.4 Å². The van der Waals surface area contributed by atoms with Crippen molar-refractivity contribution < 1.29 is 18.9 Å². The van der Waals surface area contributed by atoms with Crippen molar-refractivity contribution in [2.75, 3.05) is 46.8 Å². The first-order chi connectivity index (χ1) is 9.77. The predicted octanol–water partition coefficient (Wildman–Crippen LogP) is 2.95. The molecule has 0 spiro atoms. The average molecular weight is 347 g/mol. The molecule has 0 N–H and O–H groups in total. The monoisotopic (exact) mass is 346 g/mol. The van der Waals surface area contributed by atoms with Crippen LogP contribution in [0.4, 0.5) is 0 Å². The van der Waals surface area contributed by atoms with Crippen molar-refractivity contribution >= 4 is 15.9 Å². The van der Waals surface area contributed by atoms with Gasteiger partial charge in [0.05, 0.1) is 33.0 Å². The Morgan fingerprint density at radius 3 is 2.25 bits per heavy atom. The van der Waals surface area contributed by atoms with E-state index in [-0.39, 0.29) is 0 Å². The first-order valence-corrected chi connectivity index (χ1v) is 7.82. The molecule has 0 saturated carbocycles. The summed E-state index contributed by atoms with van der Waals surface area (Å²) in [6, 6.07) is 6.17. The summed E-state index contributed by atoms with van der Waals surface area (Å²) in [6.45, 7) is 5.56. The minimum absolute atomic E-state index is 0.543. The second-order valence-electron chi connectivity index (χ2n) is 4.31. The predicted molar refractivity (Wildman–Crippen MR) is 82.8 cm³/mol. The van der Waals surface area contributed by atoms with E-state index < -0.39 is 0 Å². The summed E-state index contributed by atoms with van der Waals surface area (Å²) in [5, 5.41) is 0.790. The van der Waals surface area contributed by atoms with Crippen LogP contribution in [0.1, 0.15) is 11.1 Å². The highest BCUT2D eigenvalue weighted by Crippen LogP contribution is 2.22. The van der Waals surface area contributed by atoms with Crippen molar-refractivity contribution in [3.05, 3.63) is 29.3 Å². The van der Waals surface area contributed by atoms with Crippen molar-refractivity contribution in [2.24, 2.45) is 0 Å². The molecule has 0 fully saturated rings. The molecule has 0 heterocycles. The third-order valence-corrected chi connectivity index (χ3v) is 3.25. The lowest BCUT2D eigenvalue weighted by Gasteiger charge is -2.11. The molecule has 0 radical (unpaired) electrons. The van der Waals surface area contributed by atoms with Crippen molar-refractivity contribution in [2.45, 2.75) is 12.3 Å². The smallest absolute Gasteiger partial charge is 0.123 e. The quantitative estimate of drug-likeness (QED) is 0.456. The fraction of sp³-hybridized carbons (Fsp3) is 0.600. The average Bonchev–Trinajstić information content (AvgIpc) is 2.46. The third-order valence-electron chi connectivity index (χ3n) is 2.65. The zero-order chi connectivity index (χ0) is 14.6. The van der Waals surface area contributed by atoms with Gasteiger partial charge in [0.15, 0.2) is 0 Å². The van der Waals surface area contributed by atoms with E-state index in [1.807, 2.05) is 12.1 Å². The van der Waals surface area contributed by atoms with Crippen LogP contribution in [0.15, 0.2) is 18.2 Å². The van der Waals surface area contributed by atoms with Gasteiger partial charge >= 0.3 is 0 Å². The Balaban J connectivity index is 2.09. The molecule has 0 amide bonds. The molecule has 0 bridgehead atoms. The lowest BCUT2D eigenvalue weighted by atomic mass is 10.1. The number of aryl methyl sites for hydroxylation is 1. The molecular weight excluding hydrogens is 324 g/mol. The molecule has 0 unspecified atom stereocenters. The Labute approximate surface area is 129 Å². The molecule has 5 heteroatoms. The summed E-state index contributed by atoms with van der Waals surface area (Å²) < 4.78 is 21.3. The highest BCUT2D eigenvalue weighted by Gasteiger charge is 2.02. The Hall–Kier alpha value is -0.620. The maximum absolute atomic E-state index is 5.71. The fourth-order valence-corrected chi connectivity index (χ4v) is 2.07. The summed E-state index contributed by atoms with van der Waals surface area (Å²) in [5.74, 6) is 0.910. The number of halogens is 1. The zero-order valence-corrected chi connectivity index (χ0v) is 13.8. The van der Waals surface area contributed by atoms with Crippen molar-refractivity contribution in [3.8, 4) is 5.75 Å². The number of methoxy groups -OCH3 is 1. The second-order valence-corrected chi connectivity index (χ2v) is 4.87. The molecule has 0 aromatic heterocycles. The minimum atomic E-state index is 0.543. The molecule has 1 aromatic rings. The fourth-order valence-electron chi connectivity index (χ4n) is 1.63. The molecule has 20 heavy (non-hydrogen) atoms. The summed E-state index contributed by atoms with van der Waals surface area (Å²) in [6.07, 6.45) is 0. The van der Waals surface area contributed by atoms with Crippen LogP contribution in [0, 0.1) is 6.92 Å². The van der Waals surface area contributed by atoms with Crippen molar-refractivity contribution in [1.82, 2.24) is 0 Å². The van der Waals surface area contributed by atoms with Gasteiger partial charge in [-0.25, -0.2) is 0 Å². The van der Waals surface area contributed by atoms with E-state index in [0.717, 1.165) is 16.6 Å². The first-order valence-electron chi connectivity index (χ1n) is 6.70. The van der Waals surface area contributed by atoms with E-state index in [0.29, 0.717) is 39.6 Å². The number of ether oxygens (including phenoxy) is 4. The molecule has 4 nitrogen and oxygen atoms in total. The molecule has 0 aliphatic rings. The van der Waals surface area contributed by atoms with Crippen LogP contribution in [0.5, 0.6) is 5.75 Å². The van der Waals surface area contributed by atoms with E-state index >= 15 is 0 Å². The number of alkyl halides is 1. The van der Waals surface area contributed by atoms with E-state index in [1.54, 1.807) is 7.11 Å². The normalized spacial score (nSPS) is 10.8. The topological polar surface area (TPSA) is 36.9 Å². The first kappa shape index (κ1) is 17.4. The highest BCUT2D eigenvalue weighted by atomic mass is 79.9. The standard InChI is InChI=1S/C15H23BrO4/c1-13-3-4-15(14(11-13)12-16)20-10-9-19-8-7-18-6-5-17-2/h3-4,11H,5-10,12H2,1-2H3. The molecule has 1 rings (SSSR count). The molecule has 114 valence electrons. The lowest BCUT2D eigenvalue weighted by molar-refractivity contribution is 0.0179. The van der Waals surface area contributed by atoms with E-state index in [1.165, 1.54) is 5.56 Å². The Morgan fingerprint density at radius 1 is 0.950 bits per heavy atom. The molecule has 0 aliphatic carbocycles. The molecule has 0 atom stereocenters. The van der Waals surface area contributed by atoms with Crippen LogP contribution < -0.4 is 4.74 Å². The number of hydrogen-bond donors (Lipinski definition) is 0. The summed E-state index contributed by atoms with van der Waals surface area (Å²) in [5.41, 5.74) is 2.39. The van der Waals surface area contributed by atoms with Gasteiger partial charge < -0.3 is 18.9 Å². The number of rotatable bonds is 11. The van der Waals surface area contributed by atoms with Gasteiger partial charge in [0.25, 0.3) is 0 Å². The molecular formula is C15H23BrO4. The largest absolute Gasteiger partial charge is 0.491 e. The van der Waals surface area contributed by atoms with Gasteiger partial charge in [0, 0.05) is 18.0 Å². The van der Waals surface area contributed by atoms with Crippen molar-refractivity contribution in [1.29, 1.82) is 0 Å². The Kier molecular flexibility index (Phi) is 9.66. The Bertz CT molecular complexity index is 371. The molecule has 0 saturated heterocycles. The Morgan fingerprint density at radius 2 is 1.60 bits per heavy atom. The highest BCUT2D eigenvalue weighted by molar-refractivity contribution is 9.08. The van der Waals surface area contributed by atoms with Crippen LogP contribution in [-0.2, 0) is 19.5 Å². The van der Waals surface area contributed by atoms with Crippen LogP contribution in [0.2, 0.25) is 0 Å². The number of benzene rings is 1. The summed E-state index contributed by atoms with van der Waals surface area (Å²) in [7, 11) is 1.66. The molecule has 1 aromatic carbocycles. The van der Waals surface area contributed by atoms with Crippen LogP contribution >= 0.6 is 15.9 Å². The van der Waals surface area contributed by atoms with Crippen LogP contribution in [0.3, 0.4) is 0 Å². The van der Waals surface area contributed by atoms with Crippen LogP contribution in [-0.4, -0.2) is 46.8 Å². The second kappa shape index (κ2) is 11.1. The van der Waals surface area contributed by atoms with Gasteiger partial charge in [-0.2, -0.15) is 0 Å². The third kappa shape index (κ3) is 7.24. The van der Waals surface area contributed by atoms with Crippen molar-refractivity contribution in [3.63, 3.8) is 0 Å². The van der Waals surface area contributed by atoms with E-state index in [4.69, 9.17) is 18.9 Å². The van der Waals surface area contributed by atoms with Gasteiger partial charge in [-0.15, -0.1) is 0 Å². The van der Waals surface area contributed by atoms with E-state index in [2.05, 4.69) is 28.9 Å². The zero-order valence-electron chi connectivity index (χ0n) is 12.2. The maximum atomic E-state index is 5.71. The SMILES string of the molecule is COCCOCCOCCOc1ccc(C)cc1CBr. The maximum Gasteiger partial charge on any atom is 0.123 e. The van der Waals surface area contributed by atoms with Gasteiger partial charge in [-0.05, 0) is 13.0 Å². The van der Waals surface area contributed by atoms with Crippen LogP contribution in [0.25, 0.3) is 0 Å². The van der Waals surface area contributed by atoms with Gasteiger partial charge in [-0.1, -0.05) is 33.6 Å². The summed E-state index contributed by atoms with van der Waals surface area (Å²) >= 11 is 3.47. The lowest BCUT2D eigenvalue weighted by Crippen LogP contribution is -2.12. The van der Waals surface area contributed by atoms with E-state index in [9.17, 15) is 0 Å². The van der Waals surface area contributed by atoms with Gasteiger partial charge in [-0.3, -0.25) is 0 Å². The minimum Gasteiger partial charge on any atom is -0.491 e. The van der Waals surface area contributed by atoms with Gasteiger partial charge in [0.2, 0.25) is 0 Å².